The fraction of sp³-hybridized carbons (Fsp3) is 0.667. The minimum Gasteiger partial charge on any atom is -0.489 e. The van der Waals surface area contributed by atoms with E-state index in [0.29, 0.717) is 23.8 Å². The van der Waals surface area contributed by atoms with Gasteiger partial charge in [-0.2, -0.15) is 0 Å². The first kappa shape index (κ1) is 27.0. The summed E-state index contributed by atoms with van der Waals surface area (Å²) in [5.74, 6) is -0.120. The van der Waals surface area contributed by atoms with Crippen molar-refractivity contribution in [1.29, 1.82) is 0 Å². The Morgan fingerprint density at radius 3 is 2.57 bits per heavy atom. The number of nitrogens with one attached hydrogen (secondary N) is 1. The number of carbonyl (C=O) groups excluding carboxylic acids is 3. The van der Waals surface area contributed by atoms with Gasteiger partial charge in [0.2, 0.25) is 5.91 Å². The van der Waals surface area contributed by atoms with E-state index >= 15 is 0 Å². The van der Waals surface area contributed by atoms with Gasteiger partial charge in [-0.05, 0) is 58.6 Å². The van der Waals surface area contributed by atoms with E-state index in [1.807, 2.05) is 6.07 Å². The SMILES string of the molecule is CCOC(=O)[C@@H](CCC1CCCCC1)N[C@H]1COc2ccccc2N(CC(=O)OC(C)(C)C)C1=O. The Labute approximate surface area is 208 Å². The Morgan fingerprint density at radius 1 is 1.17 bits per heavy atom. The normalized spacial score (nSPS) is 19.8. The van der Waals surface area contributed by atoms with E-state index in [9.17, 15) is 14.4 Å². The van der Waals surface area contributed by atoms with Crippen LogP contribution in [0.15, 0.2) is 24.3 Å². The van der Waals surface area contributed by atoms with Crippen LogP contribution in [0.4, 0.5) is 5.69 Å². The standard InChI is InChI=1S/C27H40N2O6/c1-5-33-26(32)20(16-15-19-11-7-6-8-12-19)28-21-18-34-23-14-10-9-13-22(23)29(25(21)31)17-24(30)35-27(2,3)4/h9-10,13-14,19-21,28H,5-8,11-12,15-18H2,1-4H3/t20-,21+/m1/s1. The van der Waals surface area contributed by atoms with Crippen LogP contribution in [0.5, 0.6) is 5.75 Å². The van der Waals surface area contributed by atoms with Crippen LogP contribution in [0.25, 0.3) is 0 Å². The van der Waals surface area contributed by atoms with E-state index in [1.54, 1.807) is 45.9 Å². The van der Waals surface area contributed by atoms with Crippen LogP contribution in [0.3, 0.4) is 0 Å². The van der Waals surface area contributed by atoms with Gasteiger partial charge in [0, 0.05) is 0 Å². The highest BCUT2D eigenvalue weighted by Crippen LogP contribution is 2.32. The molecule has 2 atom stereocenters. The van der Waals surface area contributed by atoms with Gasteiger partial charge in [0.05, 0.1) is 12.3 Å². The smallest absolute Gasteiger partial charge is 0.326 e. The van der Waals surface area contributed by atoms with E-state index in [-0.39, 0.29) is 31.6 Å². The van der Waals surface area contributed by atoms with E-state index in [1.165, 1.54) is 37.0 Å². The van der Waals surface area contributed by atoms with Crippen LogP contribution in [0.1, 0.15) is 72.6 Å². The summed E-state index contributed by atoms with van der Waals surface area (Å²) in [5.41, 5.74) is -0.170. The van der Waals surface area contributed by atoms with Crippen LogP contribution in [0.2, 0.25) is 0 Å². The van der Waals surface area contributed by atoms with Crippen LogP contribution in [-0.4, -0.2) is 55.3 Å². The summed E-state index contributed by atoms with van der Waals surface area (Å²) in [4.78, 5) is 40.5. The maximum absolute atomic E-state index is 13.7. The second kappa shape index (κ2) is 12.4. The third-order valence-electron chi connectivity index (χ3n) is 6.39. The van der Waals surface area contributed by atoms with Crippen molar-refractivity contribution in [3.05, 3.63) is 24.3 Å². The van der Waals surface area contributed by atoms with Crippen LogP contribution >= 0.6 is 0 Å². The zero-order valence-corrected chi connectivity index (χ0v) is 21.5. The van der Waals surface area contributed by atoms with E-state index in [0.717, 1.165) is 6.42 Å². The summed E-state index contributed by atoms with van der Waals surface area (Å²) in [6, 6.07) is 5.67. The molecule has 3 rings (SSSR count). The van der Waals surface area contributed by atoms with Crippen molar-refractivity contribution >= 4 is 23.5 Å². The molecule has 1 aliphatic heterocycles. The van der Waals surface area contributed by atoms with Gasteiger partial charge < -0.3 is 14.2 Å². The number of hydrogen-bond acceptors (Lipinski definition) is 7. The molecule has 1 aromatic carbocycles. The summed E-state index contributed by atoms with van der Waals surface area (Å²) in [7, 11) is 0. The summed E-state index contributed by atoms with van der Waals surface area (Å²) < 4.78 is 16.7. The first-order valence-corrected chi connectivity index (χ1v) is 12.9. The monoisotopic (exact) mass is 488 g/mol. The quantitative estimate of drug-likeness (QED) is 0.525. The molecule has 35 heavy (non-hydrogen) atoms. The molecule has 1 amide bonds. The highest BCUT2D eigenvalue weighted by Gasteiger charge is 2.36. The van der Waals surface area contributed by atoms with Crippen molar-refractivity contribution in [2.45, 2.75) is 90.3 Å². The molecule has 2 aliphatic rings. The number of ether oxygens (including phenoxy) is 3. The van der Waals surface area contributed by atoms with Crippen LogP contribution in [-0.2, 0) is 23.9 Å². The summed E-state index contributed by atoms with van der Waals surface area (Å²) >= 11 is 0. The number of carbonyl (C=O) groups is 3. The van der Waals surface area contributed by atoms with Gasteiger partial charge in [0.15, 0.2) is 0 Å². The molecule has 8 nitrogen and oxygen atoms in total. The number of para-hydroxylation sites is 2. The number of fused-ring (bicyclic) bond motifs is 1. The number of nitrogens with zero attached hydrogens (tertiary/aromatic N) is 1. The van der Waals surface area contributed by atoms with E-state index < -0.39 is 23.7 Å². The second-order valence-electron chi connectivity index (χ2n) is 10.4. The second-order valence-corrected chi connectivity index (χ2v) is 10.4. The fourth-order valence-corrected chi connectivity index (χ4v) is 4.77. The Hall–Kier alpha value is -2.61. The number of anilines is 1. The van der Waals surface area contributed by atoms with Gasteiger partial charge in [0.1, 0.15) is 36.6 Å². The topological polar surface area (TPSA) is 94.2 Å². The van der Waals surface area contributed by atoms with Gasteiger partial charge in [-0.3, -0.25) is 24.6 Å². The van der Waals surface area contributed by atoms with Gasteiger partial charge in [-0.15, -0.1) is 0 Å². The van der Waals surface area contributed by atoms with Crippen molar-refractivity contribution in [2.75, 3.05) is 24.7 Å². The molecule has 0 saturated heterocycles. The highest BCUT2D eigenvalue weighted by atomic mass is 16.6. The van der Waals surface area contributed by atoms with Crippen molar-refractivity contribution in [3.8, 4) is 5.75 Å². The lowest BCUT2D eigenvalue weighted by Crippen LogP contribution is -2.55. The maximum Gasteiger partial charge on any atom is 0.326 e. The van der Waals surface area contributed by atoms with E-state index in [2.05, 4.69) is 5.32 Å². The number of esters is 2. The lowest BCUT2D eigenvalue weighted by molar-refractivity contribution is -0.154. The van der Waals surface area contributed by atoms with Crippen molar-refractivity contribution in [3.63, 3.8) is 0 Å². The molecule has 1 fully saturated rings. The fourth-order valence-electron chi connectivity index (χ4n) is 4.77. The van der Waals surface area contributed by atoms with Crippen LogP contribution < -0.4 is 15.0 Å². The molecular weight excluding hydrogens is 448 g/mol. The Kier molecular flexibility index (Phi) is 9.55. The summed E-state index contributed by atoms with van der Waals surface area (Å²) in [6.45, 7) is 7.19. The summed E-state index contributed by atoms with van der Waals surface area (Å²) in [6.07, 6.45) is 7.59. The average Bonchev–Trinajstić information content (AvgIpc) is 2.93. The minimum atomic E-state index is -0.814. The third-order valence-corrected chi connectivity index (χ3v) is 6.39. The molecule has 1 aliphatic carbocycles. The molecule has 0 bridgehead atoms. The lowest BCUT2D eigenvalue weighted by atomic mass is 9.85. The van der Waals surface area contributed by atoms with Gasteiger partial charge >= 0.3 is 11.9 Å². The van der Waals surface area contributed by atoms with Crippen molar-refractivity contribution in [2.24, 2.45) is 5.92 Å². The number of rotatable bonds is 9. The predicted molar refractivity (Wildman–Crippen MR) is 133 cm³/mol. The Balaban J connectivity index is 1.77. The number of benzene rings is 1. The van der Waals surface area contributed by atoms with Gasteiger partial charge in [-0.25, -0.2) is 0 Å². The van der Waals surface area contributed by atoms with Crippen LogP contribution in [0, 0.1) is 5.92 Å². The number of hydrogen-bond donors (Lipinski definition) is 1. The van der Waals surface area contributed by atoms with Crippen molar-refractivity contribution in [1.82, 2.24) is 5.32 Å². The molecule has 1 N–H and O–H groups in total. The molecule has 1 aromatic rings. The molecular formula is C27H40N2O6. The minimum absolute atomic E-state index is 0.0417. The summed E-state index contributed by atoms with van der Waals surface area (Å²) in [5, 5.41) is 3.21. The highest BCUT2D eigenvalue weighted by molar-refractivity contribution is 6.02. The molecule has 0 aromatic heterocycles. The van der Waals surface area contributed by atoms with Gasteiger partial charge in [-0.1, -0.05) is 44.2 Å². The zero-order valence-electron chi connectivity index (χ0n) is 21.5. The largest absolute Gasteiger partial charge is 0.489 e. The van der Waals surface area contributed by atoms with Gasteiger partial charge in [0.25, 0.3) is 0 Å². The van der Waals surface area contributed by atoms with Crippen molar-refractivity contribution < 1.29 is 28.6 Å². The first-order valence-electron chi connectivity index (χ1n) is 12.9. The molecule has 1 heterocycles. The average molecular weight is 489 g/mol. The molecule has 0 spiro atoms. The molecule has 8 heteroatoms. The maximum atomic E-state index is 13.7. The Bertz CT molecular complexity index is 875. The molecule has 0 radical (unpaired) electrons. The Morgan fingerprint density at radius 2 is 1.89 bits per heavy atom. The number of amides is 1. The molecule has 194 valence electrons. The molecule has 0 unspecified atom stereocenters. The molecule has 1 saturated carbocycles. The lowest BCUT2D eigenvalue weighted by Gasteiger charge is -2.29. The predicted octanol–water partition coefficient (Wildman–Crippen LogP) is 4.00. The third kappa shape index (κ3) is 7.95. The first-order chi connectivity index (χ1) is 16.7. The zero-order chi connectivity index (χ0) is 25.4. The van der Waals surface area contributed by atoms with E-state index in [4.69, 9.17) is 14.2 Å².